The molecular weight excluding hydrogens is 390 g/mol. The quantitative estimate of drug-likeness (QED) is 0.380. The second kappa shape index (κ2) is 12.6. The van der Waals surface area contributed by atoms with Crippen LogP contribution in [0.2, 0.25) is 72.0 Å². The van der Waals surface area contributed by atoms with Gasteiger partial charge in [0, 0.05) is 0 Å². The smallest absolute Gasteiger partial charge is 0.839 e. The van der Waals surface area contributed by atoms with E-state index in [1.165, 1.54) is 0 Å². The van der Waals surface area contributed by atoms with Gasteiger partial charge in [0.1, 0.15) is 0 Å². The zero-order chi connectivity index (χ0) is 17.3. The fraction of sp³-hybridized carbons (Fsp3) is 0.923. The summed E-state index contributed by atoms with van der Waals surface area (Å²) in [5, 5.41) is 0. The molecule has 0 amide bonds. The van der Waals surface area contributed by atoms with Crippen LogP contribution in [0.3, 0.4) is 0 Å². The number of hydrogen-bond acceptors (Lipinski definition) is 5. The summed E-state index contributed by atoms with van der Waals surface area (Å²) in [6.45, 7) is 22.1. The van der Waals surface area contributed by atoms with E-state index in [2.05, 4.69) is 39.3 Å². The van der Waals surface area contributed by atoms with E-state index < -0.39 is 42.6 Å². The molecule has 0 unspecified atom stereocenters. The molecule has 1 saturated heterocycles. The van der Waals surface area contributed by atoms with Gasteiger partial charge in [-0.05, 0) is 58.9 Å². The number of hydrogen-bond donors (Lipinski definition) is 0. The molecule has 5 nitrogen and oxygen atoms in total. The Morgan fingerprint density at radius 1 is 0.680 bits per heavy atom. The van der Waals surface area contributed by atoms with Gasteiger partial charge in [-0.15, -0.1) is 0 Å². The normalized spacial score (nSPS) is 20.2. The molecule has 0 radical (unpaired) electrons. The van der Waals surface area contributed by atoms with Crippen LogP contribution in [0, 0.1) is 7.43 Å². The maximum absolute atomic E-state index is 11.1. The van der Waals surface area contributed by atoms with Crippen molar-refractivity contribution in [1.82, 2.24) is 0 Å². The first-order chi connectivity index (χ1) is 8.83. The van der Waals surface area contributed by atoms with Gasteiger partial charge >= 0.3 is 63.4 Å². The van der Waals surface area contributed by atoms with Gasteiger partial charge in [-0.1, -0.05) is 20.5 Å². The van der Waals surface area contributed by atoms with Gasteiger partial charge in [0.25, 0.3) is 0 Å². The molecule has 1 fully saturated rings. The maximum Gasteiger partial charge on any atom is 1.00 e. The van der Waals surface area contributed by atoms with Crippen LogP contribution < -0.4 is 42.5 Å². The first-order valence-electron chi connectivity index (χ1n) is 7.34. The Kier molecular flexibility index (Phi) is 19.0. The van der Waals surface area contributed by atoms with Crippen LogP contribution in [-0.2, 0) is 16.5 Å². The van der Waals surface area contributed by atoms with E-state index in [0.29, 0.717) is 0 Å². The molecule has 0 atom stereocenters. The summed E-state index contributed by atoms with van der Waals surface area (Å²) in [4.78, 5) is 11.1. The molecule has 1 aliphatic rings. The van der Waals surface area contributed by atoms with Crippen LogP contribution >= 0.6 is 0 Å². The van der Waals surface area contributed by atoms with E-state index in [4.69, 9.17) is 16.5 Å². The van der Waals surface area contributed by atoms with Gasteiger partial charge in [-0.2, -0.15) is 0 Å². The minimum Gasteiger partial charge on any atom is -0.839 e. The third kappa shape index (κ3) is 22.2. The summed E-state index contributed by atoms with van der Waals surface area (Å²) in [6, 6.07) is 0. The minimum atomic E-state index is -2.48. The van der Waals surface area contributed by atoms with Gasteiger partial charge in [0.15, 0.2) is 8.32 Å². The summed E-state index contributed by atoms with van der Waals surface area (Å²) in [5.41, 5.74) is 0. The minimum absolute atomic E-state index is 0. The van der Waals surface area contributed by atoms with E-state index in [1.807, 2.05) is 19.6 Å². The molecular formula is C13H40Li2O5Si5. The van der Waals surface area contributed by atoms with Crippen molar-refractivity contribution < 1.29 is 59.0 Å². The van der Waals surface area contributed by atoms with Crippen molar-refractivity contribution in [1.29, 1.82) is 0 Å². The van der Waals surface area contributed by atoms with E-state index >= 15 is 0 Å². The van der Waals surface area contributed by atoms with Crippen molar-refractivity contribution in [2.45, 2.75) is 79.4 Å². The summed E-state index contributed by atoms with van der Waals surface area (Å²) < 4.78 is 22.9. The topological polar surface area (TPSA) is 60.0 Å². The molecule has 0 bridgehead atoms. The molecule has 1 heterocycles. The molecule has 0 aliphatic carbocycles. The second-order valence-electron chi connectivity index (χ2n) is 8.12. The molecule has 0 N–H and O–H groups in total. The van der Waals surface area contributed by atoms with Gasteiger partial charge in [-0.25, -0.2) is 0 Å². The van der Waals surface area contributed by atoms with Crippen LogP contribution in [0.25, 0.3) is 0 Å². The Hall–Kier alpha value is 2.08. The summed E-state index contributed by atoms with van der Waals surface area (Å²) in [7, 11) is -9.61. The molecule has 0 aromatic carbocycles. The third-order valence-corrected chi connectivity index (χ3v) is 18.2. The van der Waals surface area contributed by atoms with Crippen molar-refractivity contribution in [3.8, 4) is 0 Å². The van der Waals surface area contributed by atoms with Crippen molar-refractivity contribution in [2.24, 2.45) is 0 Å². The monoisotopic (exact) mass is 430 g/mol. The van der Waals surface area contributed by atoms with Crippen LogP contribution in [-0.4, -0.2) is 42.6 Å². The van der Waals surface area contributed by atoms with Crippen molar-refractivity contribution in [2.75, 3.05) is 0 Å². The molecule has 1 rings (SSSR count). The fourth-order valence-electron chi connectivity index (χ4n) is 2.58. The van der Waals surface area contributed by atoms with Crippen LogP contribution in [0.1, 0.15) is 7.43 Å². The third-order valence-electron chi connectivity index (χ3n) is 2.03. The van der Waals surface area contributed by atoms with Crippen molar-refractivity contribution >= 4 is 42.6 Å². The molecule has 0 aromatic heterocycles. The van der Waals surface area contributed by atoms with Crippen LogP contribution in [0.15, 0.2) is 0 Å². The van der Waals surface area contributed by atoms with Crippen LogP contribution in [0.5, 0.6) is 0 Å². The van der Waals surface area contributed by atoms with E-state index in [9.17, 15) is 4.80 Å². The zero-order valence-corrected chi connectivity index (χ0v) is 23.5. The van der Waals surface area contributed by atoms with E-state index in [1.54, 1.807) is 13.1 Å². The predicted molar refractivity (Wildman–Crippen MR) is 111 cm³/mol. The number of rotatable bonds is 2. The first-order valence-corrected chi connectivity index (χ1v) is 22.0. The fourth-order valence-corrected chi connectivity index (χ4v) is 24.3. The molecule has 0 spiro atoms. The van der Waals surface area contributed by atoms with E-state index in [-0.39, 0.29) is 52.6 Å². The molecule has 144 valence electrons. The Bertz CT molecular complexity index is 300. The Balaban J connectivity index is -0.0000000949. The summed E-state index contributed by atoms with van der Waals surface area (Å²) in [6.07, 6.45) is 0. The van der Waals surface area contributed by atoms with Crippen molar-refractivity contribution in [3.05, 3.63) is 7.43 Å². The standard InChI is InChI=1S/C6H18O3Si3.C5H15O2Si2.CH4.CH3.2Li/c1-10(2)7-11(3,4)9-12(5,6)8-10;1-8(2,3)7-9(4,5)6;;;;/h1-6H3;1-5H3;1H4;1H3;;/q;-1;;-1;2*+1. The maximum atomic E-state index is 11.1. The van der Waals surface area contributed by atoms with Gasteiger partial charge in [-0.3, -0.25) is 0 Å². The second-order valence-corrected chi connectivity index (χ2v) is 26.8. The van der Waals surface area contributed by atoms with E-state index in [0.717, 1.165) is 0 Å². The van der Waals surface area contributed by atoms with Crippen LogP contribution in [0.4, 0.5) is 0 Å². The molecule has 12 heteroatoms. The SMILES string of the molecule is C.C[Si](C)(C)O[Si](C)(C)[O-].C[Si]1(C)O[Si](C)(C)O[Si](C)(C)O1.[CH3-].[Li+].[Li+]. The summed E-state index contributed by atoms with van der Waals surface area (Å²) >= 11 is 0. The Labute approximate surface area is 187 Å². The largest absolute Gasteiger partial charge is 1.00 e. The molecule has 1 aliphatic heterocycles. The van der Waals surface area contributed by atoms with Gasteiger partial charge < -0.3 is 28.7 Å². The Morgan fingerprint density at radius 2 is 0.880 bits per heavy atom. The predicted octanol–water partition coefficient (Wildman–Crippen LogP) is -1.85. The first kappa shape index (κ1) is 37.8. The van der Waals surface area contributed by atoms with Gasteiger partial charge in [0.2, 0.25) is 0 Å². The zero-order valence-electron chi connectivity index (χ0n) is 18.5. The Morgan fingerprint density at radius 3 is 0.960 bits per heavy atom. The average Bonchev–Trinajstić information content (AvgIpc) is 1.83. The summed E-state index contributed by atoms with van der Waals surface area (Å²) in [5.74, 6) is 0. The molecule has 0 saturated carbocycles. The molecule has 0 aromatic rings. The average molecular weight is 431 g/mol. The van der Waals surface area contributed by atoms with Crippen molar-refractivity contribution in [3.63, 3.8) is 0 Å². The molecule has 25 heavy (non-hydrogen) atoms. The van der Waals surface area contributed by atoms with Gasteiger partial charge in [0.05, 0.1) is 8.56 Å².